The molecule has 0 unspecified atom stereocenters. The second kappa shape index (κ2) is 7.78. The fourth-order valence-electron chi connectivity index (χ4n) is 3.30. The minimum atomic E-state index is -1.10. The average Bonchev–Trinajstić information content (AvgIpc) is 3.02. The molecule has 2 N–H and O–H groups in total. The highest BCUT2D eigenvalue weighted by atomic mass is 16.5. The molecule has 6 heteroatoms. The maximum Gasteiger partial charge on any atom is 0.229 e. The van der Waals surface area contributed by atoms with Gasteiger partial charge < -0.3 is 14.9 Å². The number of nitrogens with zero attached hydrogens (tertiary/aromatic N) is 2. The number of hydrogen-bond donors (Lipinski definition) is 2. The topological polar surface area (TPSA) is 88.3 Å². The number of amides is 1. The van der Waals surface area contributed by atoms with Gasteiger partial charge in [-0.1, -0.05) is 54.8 Å². The zero-order valence-electron chi connectivity index (χ0n) is 14.6. The number of aliphatic hydroxyl groups is 1. The first-order chi connectivity index (χ1) is 12.0. The molecular formula is C19H25N3O3. The summed E-state index contributed by atoms with van der Waals surface area (Å²) in [6.07, 6.45) is 5.99. The van der Waals surface area contributed by atoms with E-state index < -0.39 is 5.60 Å². The smallest absolute Gasteiger partial charge is 0.229 e. The second-order valence-electron chi connectivity index (χ2n) is 7.00. The number of nitrogens with one attached hydrogen (secondary N) is 1. The molecule has 134 valence electrons. The molecule has 1 aliphatic rings. The van der Waals surface area contributed by atoms with Gasteiger partial charge in [-0.05, 0) is 25.3 Å². The maximum atomic E-state index is 12.1. The molecule has 0 spiro atoms. The van der Waals surface area contributed by atoms with Crippen LogP contribution in [0.3, 0.4) is 0 Å². The number of hydrogen-bond acceptors (Lipinski definition) is 5. The van der Waals surface area contributed by atoms with Crippen LogP contribution < -0.4 is 5.32 Å². The quantitative estimate of drug-likeness (QED) is 0.841. The van der Waals surface area contributed by atoms with E-state index in [-0.39, 0.29) is 24.8 Å². The Morgan fingerprint density at radius 2 is 2.00 bits per heavy atom. The summed E-state index contributed by atoms with van der Waals surface area (Å²) >= 11 is 0. The average molecular weight is 343 g/mol. The Morgan fingerprint density at radius 3 is 2.72 bits per heavy atom. The van der Waals surface area contributed by atoms with Crippen LogP contribution in [0.4, 0.5) is 0 Å². The molecule has 1 heterocycles. The van der Waals surface area contributed by atoms with Crippen LogP contribution in [0.2, 0.25) is 0 Å². The van der Waals surface area contributed by atoms with Gasteiger partial charge in [0.2, 0.25) is 11.8 Å². The molecule has 0 saturated heterocycles. The van der Waals surface area contributed by atoms with Crippen molar-refractivity contribution in [3.8, 4) is 0 Å². The molecular weight excluding hydrogens is 318 g/mol. The summed E-state index contributed by atoms with van der Waals surface area (Å²) in [6.45, 7) is 1.71. The van der Waals surface area contributed by atoms with Gasteiger partial charge in [-0.15, -0.1) is 0 Å². The zero-order chi connectivity index (χ0) is 17.7. The molecule has 1 aromatic carbocycles. The standard InChI is InChI=1S/C19H25N3O3/c1-19(24,14-8-4-2-5-9-14)13-18-21-16(22-25-18)12-17(23)20-15-10-6-3-7-11-15/h2,4-5,8-9,15,24H,3,6-7,10-13H2,1H3,(H,20,23)/t19-/m1/s1. The fourth-order valence-corrected chi connectivity index (χ4v) is 3.30. The molecule has 3 rings (SSSR count). The minimum absolute atomic E-state index is 0.0749. The van der Waals surface area contributed by atoms with E-state index in [1.807, 2.05) is 30.3 Å². The van der Waals surface area contributed by atoms with Crippen LogP contribution in [0.5, 0.6) is 0 Å². The monoisotopic (exact) mass is 343 g/mol. The highest BCUT2D eigenvalue weighted by Gasteiger charge is 2.27. The van der Waals surface area contributed by atoms with Crippen molar-refractivity contribution in [2.24, 2.45) is 0 Å². The van der Waals surface area contributed by atoms with Crippen molar-refractivity contribution in [1.82, 2.24) is 15.5 Å². The van der Waals surface area contributed by atoms with Crippen LogP contribution in [0, 0.1) is 0 Å². The summed E-state index contributed by atoms with van der Waals surface area (Å²) in [6, 6.07) is 9.63. The summed E-state index contributed by atoms with van der Waals surface area (Å²) in [5, 5.41) is 17.5. The molecule has 1 amide bonds. The lowest BCUT2D eigenvalue weighted by atomic mass is 9.93. The maximum absolute atomic E-state index is 12.1. The lowest BCUT2D eigenvalue weighted by molar-refractivity contribution is -0.121. The Balaban J connectivity index is 1.56. The van der Waals surface area contributed by atoms with E-state index in [2.05, 4.69) is 15.5 Å². The number of carbonyl (C=O) groups excluding carboxylic acids is 1. The highest BCUT2D eigenvalue weighted by molar-refractivity contribution is 5.78. The molecule has 1 fully saturated rings. The van der Waals surface area contributed by atoms with Crippen LogP contribution >= 0.6 is 0 Å². The first kappa shape index (κ1) is 17.6. The Morgan fingerprint density at radius 1 is 1.28 bits per heavy atom. The van der Waals surface area contributed by atoms with Crippen LogP contribution in [0.1, 0.15) is 56.3 Å². The first-order valence-corrected chi connectivity index (χ1v) is 8.92. The van der Waals surface area contributed by atoms with Gasteiger partial charge in [-0.2, -0.15) is 4.98 Å². The summed E-state index contributed by atoms with van der Waals surface area (Å²) in [5.74, 6) is 0.607. The molecule has 0 bridgehead atoms. The lowest BCUT2D eigenvalue weighted by Gasteiger charge is -2.22. The molecule has 1 aromatic heterocycles. The van der Waals surface area contributed by atoms with Gasteiger partial charge in [-0.3, -0.25) is 4.79 Å². The van der Waals surface area contributed by atoms with Gasteiger partial charge in [0.15, 0.2) is 5.82 Å². The summed E-state index contributed by atoms with van der Waals surface area (Å²) in [5.41, 5.74) is -0.320. The third-order valence-corrected chi connectivity index (χ3v) is 4.69. The van der Waals surface area contributed by atoms with E-state index in [0.29, 0.717) is 11.7 Å². The Labute approximate surface area is 147 Å². The molecule has 2 aromatic rings. The molecule has 1 saturated carbocycles. The SMILES string of the molecule is C[C@@](O)(Cc1nc(CC(=O)NC2CCCCC2)no1)c1ccccc1. The molecule has 1 atom stereocenters. The molecule has 0 radical (unpaired) electrons. The third kappa shape index (κ3) is 4.89. The van der Waals surface area contributed by atoms with E-state index in [4.69, 9.17) is 4.52 Å². The largest absolute Gasteiger partial charge is 0.385 e. The lowest BCUT2D eigenvalue weighted by Crippen LogP contribution is -2.37. The predicted molar refractivity (Wildman–Crippen MR) is 92.7 cm³/mol. The van der Waals surface area contributed by atoms with Crippen LogP contribution in [-0.2, 0) is 23.2 Å². The summed E-state index contributed by atoms with van der Waals surface area (Å²) < 4.78 is 5.21. The van der Waals surface area contributed by atoms with E-state index in [9.17, 15) is 9.90 Å². The highest BCUT2D eigenvalue weighted by Crippen LogP contribution is 2.24. The van der Waals surface area contributed by atoms with E-state index in [1.165, 1.54) is 19.3 Å². The van der Waals surface area contributed by atoms with Crippen LogP contribution in [-0.4, -0.2) is 27.2 Å². The van der Waals surface area contributed by atoms with Gasteiger partial charge in [0.1, 0.15) is 0 Å². The minimum Gasteiger partial charge on any atom is -0.385 e. The van der Waals surface area contributed by atoms with Crippen molar-refractivity contribution in [2.75, 3.05) is 0 Å². The number of benzene rings is 1. The van der Waals surface area contributed by atoms with Crippen molar-refractivity contribution < 1.29 is 14.4 Å². The van der Waals surface area contributed by atoms with Crippen molar-refractivity contribution in [3.63, 3.8) is 0 Å². The van der Waals surface area contributed by atoms with Crippen molar-refractivity contribution in [1.29, 1.82) is 0 Å². The van der Waals surface area contributed by atoms with Crippen LogP contribution in [0.25, 0.3) is 0 Å². The van der Waals surface area contributed by atoms with Crippen molar-refractivity contribution in [3.05, 3.63) is 47.6 Å². The van der Waals surface area contributed by atoms with E-state index in [0.717, 1.165) is 18.4 Å². The summed E-state index contributed by atoms with van der Waals surface area (Å²) in [4.78, 5) is 16.4. The molecule has 25 heavy (non-hydrogen) atoms. The van der Waals surface area contributed by atoms with Crippen LogP contribution in [0.15, 0.2) is 34.9 Å². The van der Waals surface area contributed by atoms with E-state index >= 15 is 0 Å². The Kier molecular flexibility index (Phi) is 5.48. The molecule has 6 nitrogen and oxygen atoms in total. The van der Waals surface area contributed by atoms with Crippen molar-refractivity contribution in [2.45, 2.75) is 63.5 Å². The zero-order valence-corrected chi connectivity index (χ0v) is 14.6. The van der Waals surface area contributed by atoms with E-state index in [1.54, 1.807) is 6.92 Å². The number of carbonyl (C=O) groups is 1. The first-order valence-electron chi connectivity index (χ1n) is 8.92. The molecule has 0 aliphatic heterocycles. The fraction of sp³-hybridized carbons (Fsp3) is 0.526. The summed E-state index contributed by atoms with van der Waals surface area (Å²) in [7, 11) is 0. The van der Waals surface area contributed by atoms with Crippen molar-refractivity contribution >= 4 is 5.91 Å². The Bertz CT molecular complexity index is 691. The molecule has 1 aliphatic carbocycles. The Hall–Kier alpha value is -2.21. The third-order valence-electron chi connectivity index (χ3n) is 4.69. The van der Waals surface area contributed by atoms with Gasteiger partial charge in [-0.25, -0.2) is 0 Å². The normalized spacial score (nSPS) is 17.8. The number of aromatic nitrogens is 2. The predicted octanol–water partition coefficient (Wildman–Crippen LogP) is 2.51. The van der Waals surface area contributed by atoms with Gasteiger partial charge >= 0.3 is 0 Å². The van der Waals surface area contributed by atoms with Gasteiger partial charge in [0, 0.05) is 6.04 Å². The van der Waals surface area contributed by atoms with Gasteiger partial charge in [0.05, 0.1) is 18.4 Å². The number of rotatable bonds is 6. The van der Waals surface area contributed by atoms with Gasteiger partial charge in [0.25, 0.3) is 0 Å². The second-order valence-corrected chi connectivity index (χ2v) is 7.00.